The number of ether oxygens (including phenoxy) is 1. The molecule has 3 rings (SSSR count). The predicted molar refractivity (Wildman–Crippen MR) is 80.0 cm³/mol. The van der Waals surface area contributed by atoms with Crippen LogP contribution in [0.5, 0.6) is 5.88 Å². The number of pyridine rings is 2. The maximum Gasteiger partial charge on any atom is 0.218 e. The maximum absolute atomic E-state index is 8.98. The van der Waals surface area contributed by atoms with Gasteiger partial charge in [0.25, 0.3) is 0 Å². The van der Waals surface area contributed by atoms with Gasteiger partial charge in [0.2, 0.25) is 5.88 Å². The van der Waals surface area contributed by atoms with Crippen LogP contribution in [-0.4, -0.2) is 41.1 Å². The van der Waals surface area contributed by atoms with Gasteiger partial charge in [-0.1, -0.05) is 0 Å². The number of rotatable bonds is 4. The zero-order valence-electron chi connectivity index (χ0n) is 12.1. The maximum atomic E-state index is 8.98. The van der Waals surface area contributed by atoms with Gasteiger partial charge in [0, 0.05) is 29.4 Å². The second-order valence-corrected chi connectivity index (χ2v) is 5.44. The Balaban J connectivity index is 1.85. The Hall–Kier alpha value is -2.19. The molecule has 3 heterocycles. The van der Waals surface area contributed by atoms with Crippen LogP contribution in [-0.2, 0) is 6.42 Å². The van der Waals surface area contributed by atoms with Gasteiger partial charge in [-0.2, -0.15) is 5.26 Å². The molecule has 0 aliphatic carbocycles. The molecule has 0 aromatic carbocycles. The quantitative estimate of drug-likeness (QED) is 0.860. The Morgan fingerprint density at radius 1 is 1.52 bits per heavy atom. The highest BCUT2D eigenvalue weighted by molar-refractivity contribution is 5.79. The van der Waals surface area contributed by atoms with E-state index in [1.54, 1.807) is 12.4 Å². The Morgan fingerprint density at radius 2 is 2.43 bits per heavy atom. The highest BCUT2D eigenvalue weighted by atomic mass is 16.5. The number of hydrogen-bond acceptors (Lipinski definition) is 5. The van der Waals surface area contributed by atoms with E-state index in [-0.39, 0.29) is 0 Å². The van der Waals surface area contributed by atoms with E-state index in [2.05, 4.69) is 28.0 Å². The molecule has 1 saturated heterocycles. The van der Waals surface area contributed by atoms with Crippen molar-refractivity contribution in [3.05, 3.63) is 30.1 Å². The van der Waals surface area contributed by atoms with E-state index < -0.39 is 0 Å². The second-order valence-electron chi connectivity index (χ2n) is 5.44. The third-order valence-corrected chi connectivity index (χ3v) is 4.01. The lowest BCUT2D eigenvalue weighted by Gasteiger charge is -2.20. The molecule has 2 aromatic rings. The lowest BCUT2D eigenvalue weighted by molar-refractivity contribution is 0.192. The molecule has 0 spiro atoms. The molecule has 0 N–H and O–H groups in total. The molecule has 0 unspecified atom stereocenters. The minimum Gasteiger partial charge on any atom is -0.476 e. The smallest absolute Gasteiger partial charge is 0.218 e. The fourth-order valence-corrected chi connectivity index (χ4v) is 2.74. The van der Waals surface area contributed by atoms with Crippen LogP contribution in [0.4, 0.5) is 0 Å². The Kier molecular flexibility index (Phi) is 3.98. The van der Waals surface area contributed by atoms with E-state index in [9.17, 15) is 0 Å². The molecule has 1 fully saturated rings. The first kappa shape index (κ1) is 13.8. The normalized spacial score (nSPS) is 18.8. The van der Waals surface area contributed by atoms with E-state index in [1.807, 2.05) is 12.1 Å². The zero-order chi connectivity index (χ0) is 14.7. The number of fused-ring (bicyclic) bond motifs is 1. The number of nitriles is 1. The van der Waals surface area contributed by atoms with Gasteiger partial charge in [0.1, 0.15) is 6.61 Å². The van der Waals surface area contributed by atoms with Crippen molar-refractivity contribution in [2.75, 3.05) is 20.2 Å². The molecule has 0 radical (unpaired) electrons. The van der Waals surface area contributed by atoms with Gasteiger partial charge >= 0.3 is 0 Å². The monoisotopic (exact) mass is 282 g/mol. The van der Waals surface area contributed by atoms with Crippen molar-refractivity contribution in [3.63, 3.8) is 0 Å². The molecule has 1 aliphatic rings. The average Bonchev–Trinajstić information content (AvgIpc) is 2.90. The molecular formula is C16H18N4O. The number of hydrogen-bond donors (Lipinski definition) is 0. The summed E-state index contributed by atoms with van der Waals surface area (Å²) in [4.78, 5) is 11.0. The van der Waals surface area contributed by atoms with Crippen LogP contribution in [0.3, 0.4) is 0 Å². The molecule has 2 aromatic heterocycles. The summed E-state index contributed by atoms with van der Waals surface area (Å²) in [5.74, 6) is 0.579. The zero-order valence-corrected chi connectivity index (χ0v) is 12.1. The Morgan fingerprint density at radius 3 is 3.19 bits per heavy atom. The first-order chi connectivity index (χ1) is 10.3. The van der Waals surface area contributed by atoms with Crippen molar-refractivity contribution < 1.29 is 4.74 Å². The van der Waals surface area contributed by atoms with E-state index in [1.165, 1.54) is 6.42 Å². The molecule has 0 bridgehead atoms. The molecule has 5 nitrogen and oxygen atoms in total. The van der Waals surface area contributed by atoms with Gasteiger partial charge in [0.15, 0.2) is 0 Å². The fraction of sp³-hybridized carbons (Fsp3) is 0.438. The van der Waals surface area contributed by atoms with Crippen LogP contribution in [0.25, 0.3) is 10.9 Å². The molecule has 21 heavy (non-hydrogen) atoms. The van der Waals surface area contributed by atoms with Gasteiger partial charge in [-0.25, -0.2) is 4.98 Å². The number of nitrogens with zero attached hydrogens (tertiary/aromatic N) is 4. The second kappa shape index (κ2) is 6.06. The van der Waals surface area contributed by atoms with Gasteiger partial charge in [0.05, 0.1) is 18.0 Å². The Bertz CT molecular complexity index is 680. The van der Waals surface area contributed by atoms with Crippen molar-refractivity contribution in [2.24, 2.45) is 0 Å². The molecule has 0 saturated carbocycles. The third kappa shape index (κ3) is 2.96. The first-order valence-corrected chi connectivity index (χ1v) is 7.21. The van der Waals surface area contributed by atoms with Gasteiger partial charge in [-0.05, 0) is 38.6 Å². The lowest BCUT2D eigenvalue weighted by Crippen LogP contribution is -2.30. The summed E-state index contributed by atoms with van der Waals surface area (Å²) in [5, 5.41) is 9.92. The summed E-state index contributed by atoms with van der Waals surface area (Å²) < 4.78 is 5.93. The van der Waals surface area contributed by atoms with Crippen molar-refractivity contribution in [1.29, 1.82) is 5.26 Å². The summed E-state index contributed by atoms with van der Waals surface area (Å²) in [6, 6.07) is 6.43. The van der Waals surface area contributed by atoms with Crippen LogP contribution in [0.2, 0.25) is 0 Å². The molecule has 5 heteroatoms. The average molecular weight is 282 g/mol. The number of likely N-dealkylation sites (N-methyl/N-ethyl adjacent to an activating group) is 1. The van der Waals surface area contributed by atoms with E-state index in [0.29, 0.717) is 24.9 Å². The summed E-state index contributed by atoms with van der Waals surface area (Å²) in [7, 11) is 2.12. The number of aromatic nitrogens is 2. The van der Waals surface area contributed by atoms with Crippen LogP contribution < -0.4 is 4.74 Å². The minimum absolute atomic E-state index is 0.299. The highest BCUT2D eigenvalue weighted by Gasteiger charge is 2.22. The topological polar surface area (TPSA) is 62.0 Å². The van der Waals surface area contributed by atoms with Crippen molar-refractivity contribution in [2.45, 2.75) is 25.3 Å². The molecule has 1 aliphatic heterocycles. The standard InChI is InChI=1S/C16H18N4O/c1-20-8-2-3-14(20)11-21-16-12(4-6-17)9-13-10-18-7-5-15(13)19-16/h5,7,9-10,14H,2-4,8,11H2,1H3/t14-/m0/s1. The minimum atomic E-state index is 0.299. The van der Waals surface area contributed by atoms with Gasteiger partial charge in [-0.3, -0.25) is 4.98 Å². The SMILES string of the molecule is CN1CCC[C@H]1COc1nc2ccncc2cc1CC#N. The third-order valence-electron chi connectivity index (χ3n) is 4.01. The molecule has 108 valence electrons. The predicted octanol–water partition coefficient (Wildman–Crippen LogP) is 2.17. The van der Waals surface area contributed by atoms with E-state index in [0.717, 1.165) is 29.4 Å². The van der Waals surface area contributed by atoms with Crippen molar-refractivity contribution in [3.8, 4) is 11.9 Å². The largest absolute Gasteiger partial charge is 0.476 e. The van der Waals surface area contributed by atoms with Gasteiger partial charge in [-0.15, -0.1) is 0 Å². The van der Waals surface area contributed by atoms with E-state index >= 15 is 0 Å². The van der Waals surface area contributed by atoms with Gasteiger partial charge < -0.3 is 9.64 Å². The fourth-order valence-electron chi connectivity index (χ4n) is 2.74. The van der Waals surface area contributed by atoms with Crippen LogP contribution in [0.1, 0.15) is 18.4 Å². The summed E-state index contributed by atoms with van der Waals surface area (Å²) in [6.45, 7) is 1.74. The van der Waals surface area contributed by atoms with Crippen LogP contribution >= 0.6 is 0 Å². The summed E-state index contributed by atoms with van der Waals surface area (Å²) in [5.41, 5.74) is 1.68. The number of likely N-dealkylation sites (tertiary alicyclic amines) is 1. The molecule has 1 atom stereocenters. The lowest BCUT2D eigenvalue weighted by atomic mass is 10.1. The summed E-state index contributed by atoms with van der Waals surface area (Å²) >= 11 is 0. The first-order valence-electron chi connectivity index (χ1n) is 7.21. The van der Waals surface area contributed by atoms with Crippen LogP contribution in [0, 0.1) is 11.3 Å². The molecule has 0 amide bonds. The van der Waals surface area contributed by atoms with Crippen LogP contribution in [0.15, 0.2) is 24.5 Å². The molecular weight excluding hydrogens is 264 g/mol. The summed E-state index contributed by atoms with van der Waals surface area (Å²) in [6.07, 6.45) is 6.15. The van der Waals surface area contributed by atoms with Crippen molar-refractivity contribution >= 4 is 10.9 Å². The highest BCUT2D eigenvalue weighted by Crippen LogP contribution is 2.23. The van der Waals surface area contributed by atoms with E-state index in [4.69, 9.17) is 10.00 Å². The Labute approximate surface area is 124 Å². The van der Waals surface area contributed by atoms with Crippen molar-refractivity contribution in [1.82, 2.24) is 14.9 Å².